The van der Waals surface area contributed by atoms with Crippen molar-refractivity contribution in [2.24, 2.45) is 0 Å². The normalized spacial score (nSPS) is 28.2. The van der Waals surface area contributed by atoms with Gasteiger partial charge in [0.05, 0.1) is 0 Å². The van der Waals surface area contributed by atoms with Crippen molar-refractivity contribution >= 4 is 17.7 Å². The number of nitrogens with one attached hydrogen (secondary N) is 1. The zero-order valence-corrected chi connectivity index (χ0v) is 9.90. The maximum Gasteiger partial charge on any atom is 0.245 e. The van der Waals surface area contributed by atoms with Gasteiger partial charge in [0.15, 0.2) is 4.87 Å². The van der Waals surface area contributed by atoms with Crippen LogP contribution in [0.5, 0.6) is 0 Å². The van der Waals surface area contributed by atoms with Crippen LogP contribution in [0.15, 0.2) is 23.1 Å². The molecule has 1 unspecified atom stereocenters. The molecule has 0 bridgehead atoms. The Balaban J connectivity index is 2.13. The SMILES string of the molecule is C=CC(=O)NC1(C#N)CC2=C(CCCC2)S1. The zero-order chi connectivity index (χ0) is 11.6. The van der Waals surface area contributed by atoms with Crippen LogP contribution in [0.2, 0.25) is 0 Å². The van der Waals surface area contributed by atoms with Crippen molar-refractivity contribution in [1.29, 1.82) is 5.26 Å². The average molecular weight is 234 g/mol. The molecule has 84 valence electrons. The Morgan fingerprint density at radius 3 is 2.94 bits per heavy atom. The Kier molecular flexibility index (Phi) is 3.06. The lowest BCUT2D eigenvalue weighted by atomic mass is 9.94. The number of carbonyl (C=O) groups is 1. The van der Waals surface area contributed by atoms with Crippen molar-refractivity contribution in [3.8, 4) is 6.07 Å². The second-order valence-electron chi connectivity index (χ2n) is 4.14. The van der Waals surface area contributed by atoms with Gasteiger partial charge >= 0.3 is 0 Å². The van der Waals surface area contributed by atoms with Crippen LogP contribution in [0.3, 0.4) is 0 Å². The molecule has 0 radical (unpaired) electrons. The largest absolute Gasteiger partial charge is 0.325 e. The van der Waals surface area contributed by atoms with E-state index < -0.39 is 4.87 Å². The van der Waals surface area contributed by atoms with Gasteiger partial charge in [-0.25, -0.2) is 0 Å². The van der Waals surface area contributed by atoms with Gasteiger partial charge in [-0.15, -0.1) is 0 Å². The third-order valence-electron chi connectivity index (χ3n) is 2.98. The van der Waals surface area contributed by atoms with Crippen molar-refractivity contribution in [1.82, 2.24) is 5.32 Å². The number of allylic oxidation sites excluding steroid dienone is 1. The lowest BCUT2D eigenvalue weighted by Crippen LogP contribution is -2.42. The Bertz CT molecular complexity index is 388. The summed E-state index contributed by atoms with van der Waals surface area (Å²) in [6, 6.07) is 2.24. The molecule has 1 heterocycles. The molecular weight excluding hydrogens is 220 g/mol. The first kappa shape index (κ1) is 11.3. The Hall–Kier alpha value is -1.21. The first-order valence-corrected chi connectivity index (χ1v) is 6.26. The summed E-state index contributed by atoms with van der Waals surface area (Å²) < 4.78 is 0. The third-order valence-corrected chi connectivity index (χ3v) is 4.40. The van der Waals surface area contributed by atoms with E-state index in [1.54, 1.807) is 0 Å². The number of rotatable bonds is 2. The molecule has 0 saturated carbocycles. The minimum Gasteiger partial charge on any atom is -0.325 e. The molecule has 1 atom stereocenters. The Labute approximate surface area is 99.6 Å². The van der Waals surface area contributed by atoms with E-state index in [1.165, 1.54) is 41.2 Å². The van der Waals surface area contributed by atoms with E-state index in [4.69, 9.17) is 0 Å². The van der Waals surface area contributed by atoms with Crippen molar-refractivity contribution in [3.05, 3.63) is 23.1 Å². The first-order valence-electron chi connectivity index (χ1n) is 5.45. The molecule has 2 rings (SSSR count). The topological polar surface area (TPSA) is 52.9 Å². The molecule has 2 aliphatic rings. The van der Waals surface area contributed by atoms with Crippen molar-refractivity contribution < 1.29 is 4.79 Å². The van der Waals surface area contributed by atoms with Crippen molar-refractivity contribution in [2.45, 2.75) is 37.0 Å². The molecule has 4 heteroatoms. The average Bonchev–Trinajstić information content (AvgIpc) is 2.67. The molecule has 0 aromatic rings. The molecule has 0 fully saturated rings. The minimum absolute atomic E-state index is 0.270. The number of thioether (sulfide) groups is 1. The summed E-state index contributed by atoms with van der Waals surface area (Å²) in [6.45, 7) is 3.41. The summed E-state index contributed by atoms with van der Waals surface area (Å²) in [7, 11) is 0. The molecule has 3 nitrogen and oxygen atoms in total. The van der Waals surface area contributed by atoms with E-state index in [1.807, 2.05) is 0 Å². The third kappa shape index (κ3) is 2.00. The number of hydrogen-bond donors (Lipinski definition) is 1. The molecule has 0 aromatic carbocycles. The van der Waals surface area contributed by atoms with E-state index in [-0.39, 0.29) is 5.91 Å². The predicted octanol–water partition coefficient (Wildman–Crippen LogP) is 2.47. The van der Waals surface area contributed by atoms with E-state index in [0.717, 1.165) is 12.8 Å². The summed E-state index contributed by atoms with van der Waals surface area (Å²) in [6.07, 6.45) is 6.43. The highest BCUT2D eigenvalue weighted by Crippen LogP contribution is 2.49. The number of nitrogens with zero attached hydrogens (tertiary/aromatic N) is 1. The van der Waals surface area contributed by atoms with Gasteiger partial charge < -0.3 is 5.32 Å². The quantitative estimate of drug-likeness (QED) is 0.747. The monoisotopic (exact) mass is 234 g/mol. The van der Waals surface area contributed by atoms with Gasteiger partial charge in [0.1, 0.15) is 6.07 Å². The minimum atomic E-state index is -0.778. The maximum atomic E-state index is 11.3. The highest BCUT2D eigenvalue weighted by molar-refractivity contribution is 8.04. The van der Waals surface area contributed by atoms with Crippen LogP contribution < -0.4 is 5.32 Å². The molecule has 1 aliphatic carbocycles. The fraction of sp³-hybridized carbons (Fsp3) is 0.500. The van der Waals surface area contributed by atoms with Crippen LogP contribution >= 0.6 is 11.8 Å². The molecule has 16 heavy (non-hydrogen) atoms. The molecule has 0 spiro atoms. The molecule has 1 N–H and O–H groups in total. The second kappa shape index (κ2) is 4.34. The van der Waals surface area contributed by atoms with Gasteiger partial charge in [-0.2, -0.15) is 5.26 Å². The highest BCUT2D eigenvalue weighted by atomic mass is 32.2. The molecule has 1 amide bonds. The number of nitriles is 1. The van der Waals surface area contributed by atoms with Crippen molar-refractivity contribution in [3.63, 3.8) is 0 Å². The van der Waals surface area contributed by atoms with Gasteiger partial charge in [0, 0.05) is 6.42 Å². The van der Waals surface area contributed by atoms with Crippen LogP contribution in [-0.4, -0.2) is 10.8 Å². The summed E-state index contributed by atoms with van der Waals surface area (Å²) in [5.74, 6) is -0.270. The van der Waals surface area contributed by atoms with E-state index in [0.29, 0.717) is 6.42 Å². The fourth-order valence-electron chi connectivity index (χ4n) is 2.21. The summed E-state index contributed by atoms with van der Waals surface area (Å²) in [5.41, 5.74) is 1.36. The van der Waals surface area contributed by atoms with E-state index in [9.17, 15) is 10.1 Å². The molecule has 1 aliphatic heterocycles. The van der Waals surface area contributed by atoms with Gasteiger partial charge in [-0.05, 0) is 36.7 Å². The number of carbonyl (C=O) groups excluding carboxylic acids is 1. The summed E-state index contributed by atoms with van der Waals surface area (Å²) in [4.78, 5) is 11.9. The summed E-state index contributed by atoms with van der Waals surface area (Å²) >= 11 is 1.52. The molecular formula is C12H14N2OS. The number of hydrogen-bond acceptors (Lipinski definition) is 3. The smallest absolute Gasteiger partial charge is 0.245 e. The van der Waals surface area contributed by atoms with E-state index in [2.05, 4.69) is 18.0 Å². The lowest BCUT2D eigenvalue weighted by molar-refractivity contribution is -0.117. The van der Waals surface area contributed by atoms with Gasteiger partial charge in [0.2, 0.25) is 5.91 Å². The van der Waals surface area contributed by atoms with Gasteiger partial charge in [0.25, 0.3) is 0 Å². The highest BCUT2D eigenvalue weighted by Gasteiger charge is 2.41. The van der Waals surface area contributed by atoms with Crippen molar-refractivity contribution in [2.75, 3.05) is 0 Å². The maximum absolute atomic E-state index is 11.3. The Morgan fingerprint density at radius 2 is 2.31 bits per heavy atom. The van der Waals surface area contributed by atoms with Crippen LogP contribution in [0.4, 0.5) is 0 Å². The Morgan fingerprint density at radius 1 is 1.56 bits per heavy atom. The van der Waals surface area contributed by atoms with Crippen LogP contribution in [-0.2, 0) is 4.79 Å². The number of amides is 1. The van der Waals surface area contributed by atoms with Gasteiger partial charge in [-0.1, -0.05) is 23.9 Å². The summed E-state index contributed by atoms with van der Waals surface area (Å²) in [5, 5.41) is 12.0. The second-order valence-corrected chi connectivity index (χ2v) is 5.54. The van der Waals surface area contributed by atoms with E-state index >= 15 is 0 Å². The zero-order valence-electron chi connectivity index (χ0n) is 9.08. The molecule has 0 aromatic heterocycles. The predicted molar refractivity (Wildman–Crippen MR) is 64.4 cm³/mol. The fourth-order valence-corrected chi connectivity index (χ4v) is 3.64. The van der Waals surface area contributed by atoms with Crippen LogP contribution in [0.1, 0.15) is 32.1 Å². The molecule has 0 saturated heterocycles. The van der Waals surface area contributed by atoms with Gasteiger partial charge in [-0.3, -0.25) is 4.79 Å². The van der Waals surface area contributed by atoms with Crippen LogP contribution in [0, 0.1) is 11.3 Å². The lowest BCUT2D eigenvalue weighted by Gasteiger charge is -2.21. The standard InChI is InChI=1S/C12H14N2OS/c1-2-11(15)14-12(8-13)7-9-5-3-4-6-10(9)16-12/h2H,1,3-7H2,(H,14,15). The first-order chi connectivity index (χ1) is 7.69. The van der Waals surface area contributed by atoms with Crippen LogP contribution in [0.25, 0.3) is 0 Å².